The van der Waals surface area contributed by atoms with Crippen molar-refractivity contribution in [1.29, 1.82) is 0 Å². The molecule has 1 heteroatoms. The summed E-state index contributed by atoms with van der Waals surface area (Å²) in [5.74, 6) is 0. The minimum absolute atomic E-state index is 0.242. The van der Waals surface area contributed by atoms with Crippen LogP contribution in [0, 0.1) is 0 Å². The average molecular weight is 393 g/mol. The van der Waals surface area contributed by atoms with Crippen molar-refractivity contribution in [3.8, 4) is 11.1 Å². The molecule has 4 rings (SSSR count). The highest BCUT2D eigenvalue weighted by Crippen LogP contribution is 2.47. The number of rotatable bonds is 1. The van der Waals surface area contributed by atoms with Crippen LogP contribution < -0.4 is 0 Å². The van der Waals surface area contributed by atoms with Crippen molar-refractivity contribution in [2.45, 2.75) is 51.4 Å². The highest BCUT2D eigenvalue weighted by atomic mass is 79.9. The summed E-state index contributed by atoms with van der Waals surface area (Å²) < 4.78 is 1.16. The maximum atomic E-state index is 3.70. The largest absolute Gasteiger partial charge is 0.0616 e. The minimum atomic E-state index is 0.242. The van der Waals surface area contributed by atoms with E-state index in [0.717, 1.165) is 4.47 Å². The molecule has 0 N–H and O–H groups in total. The Morgan fingerprint density at radius 1 is 0.720 bits per heavy atom. The molecule has 0 unspecified atom stereocenters. The van der Waals surface area contributed by atoms with Crippen LogP contribution in [0.5, 0.6) is 0 Å². The molecule has 25 heavy (non-hydrogen) atoms. The third-order valence-electron chi connectivity index (χ3n) is 6.03. The first kappa shape index (κ1) is 16.8. The van der Waals surface area contributed by atoms with Crippen molar-refractivity contribution in [3.05, 3.63) is 70.2 Å². The van der Waals surface area contributed by atoms with Gasteiger partial charge in [0.1, 0.15) is 0 Å². The second-order valence-corrected chi connectivity index (χ2v) is 9.52. The van der Waals surface area contributed by atoms with Gasteiger partial charge in [-0.1, -0.05) is 92.2 Å². The lowest BCUT2D eigenvalue weighted by Crippen LogP contribution is -2.33. The molecule has 0 spiro atoms. The van der Waals surface area contributed by atoms with Crippen LogP contribution in [-0.2, 0) is 10.8 Å². The Hall–Kier alpha value is -1.60. The summed E-state index contributed by atoms with van der Waals surface area (Å²) in [5, 5.41) is 2.59. The quantitative estimate of drug-likeness (QED) is 0.399. The summed E-state index contributed by atoms with van der Waals surface area (Å²) >= 11 is 3.70. The highest BCUT2D eigenvalue weighted by Gasteiger charge is 2.37. The molecule has 0 aromatic heterocycles. The maximum absolute atomic E-state index is 3.70. The fourth-order valence-corrected chi connectivity index (χ4v) is 4.75. The molecule has 3 aromatic rings. The summed E-state index contributed by atoms with van der Waals surface area (Å²) in [4.78, 5) is 0. The van der Waals surface area contributed by atoms with Gasteiger partial charge in [-0.25, -0.2) is 0 Å². The number of hydrogen-bond acceptors (Lipinski definition) is 0. The van der Waals surface area contributed by atoms with E-state index < -0.39 is 0 Å². The van der Waals surface area contributed by atoms with Crippen molar-refractivity contribution >= 4 is 26.7 Å². The monoisotopic (exact) mass is 392 g/mol. The highest BCUT2D eigenvalue weighted by molar-refractivity contribution is 9.10. The Balaban J connectivity index is 1.96. The molecule has 0 saturated heterocycles. The molecule has 1 aliphatic rings. The van der Waals surface area contributed by atoms with Gasteiger partial charge in [0.2, 0.25) is 0 Å². The summed E-state index contributed by atoms with van der Waals surface area (Å²) in [6, 6.07) is 20.2. The van der Waals surface area contributed by atoms with Crippen LogP contribution in [0.25, 0.3) is 21.9 Å². The van der Waals surface area contributed by atoms with Crippen LogP contribution in [0.15, 0.2) is 59.1 Å². The van der Waals surface area contributed by atoms with E-state index in [1.165, 1.54) is 45.9 Å². The fraction of sp³-hybridized carbons (Fsp3) is 0.333. The second-order valence-electron chi connectivity index (χ2n) is 8.67. The third kappa shape index (κ3) is 2.73. The lowest BCUT2D eigenvalue weighted by molar-refractivity contribution is 0.332. The van der Waals surface area contributed by atoms with Crippen LogP contribution in [0.1, 0.15) is 51.7 Å². The van der Waals surface area contributed by atoms with Gasteiger partial charge in [-0.3, -0.25) is 0 Å². The number of fused-ring (bicyclic) bond motifs is 2. The number of hydrogen-bond donors (Lipinski definition) is 0. The van der Waals surface area contributed by atoms with Crippen LogP contribution >= 0.6 is 15.9 Å². The Morgan fingerprint density at radius 3 is 2.08 bits per heavy atom. The first-order valence-electron chi connectivity index (χ1n) is 9.12. The molecule has 0 amide bonds. The number of benzene rings is 3. The van der Waals surface area contributed by atoms with Crippen molar-refractivity contribution in [2.75, 3.05) is 0 Å². The van der Waals surface area contributed by atoms with Gasteiger partial charge in [-0.15, -0.1) is 0 Å². The fourth-order valence-electron chi connectivity index (χ4n) is 4.27. The third-order valence-corrected chi connectivity index (χ3v) is 6.73. The molecule has 3 aromatic carbocycles. The first-order valence-corrected chi connectivity index (χ1v) is 9.92. The topological polar surface area (TPSA) is 0 Å². The maximum Gasteiger partial charge on any atom is 0.0254 e. The van der Waals surface area contributed by atoms with Crippen molar-refractivity contribution in [1.82, 2.24) is 0 Å². The van der Waals surface area contributed by atoms with E-state index in [9.17, 15) is 0 Å². The molecular weight excluding hydrogens is 368 g/mol. The smallest absolute Gasteiger partial charge is 0.0254 e. The molecule has 0 aliphatic heterocycles. The lowest BCUT2D eigenvalue weighted by Gasteiger charge is -2.42. The summed E-state index contributed by atoms with van der Waals surface area (Å²) in [7, 11) is 0. The standard InChI is InChI=1S/C24H25Br/c1-23(2)13-14-24(3,4)21-15-16(9-11-20(21)23)17-10-12-22(25)19-8-6-5-7-18(17)19/h5-12,15H,13-14H2,1-4H3. The Kier molecular flexibility index (Phi) is 3.85. The van der Waals surface area contributed by atoms with Gasteiger partial charge in [0.05, 0.1) is 0 Å². The van der Waals surface area contributed by atoms with Crippen molar-refractivity contribution in [3.63, 3.8) is 0 Å². The normalized spacial score (nSPS) is 18.1. The summed E-state index contributed by atoms with van der Waals surface area (Å²) in [6.07, 6.45) is 2.51. The molecule has 0 nitrogen and oxygen atoms in total. The van der Waals surface area contributed by atoms with Gasteiger partial charge in [-0.2, -0.15) is 0 Å². The first-order chi connectivity index (χ1) is 11.8. The predicted octanol–water partition coefficient (Wildman–Crippen LogP) is 7.62. The van der Waals surface area contributed by atoms with E-state index in [1.54, 1.807) is 0 Å². The van der Waals surface area contributed by atoms with E-state index >= 15 is 0 Å². The molecule has 0 heterocycles. The second kappa shape index (κ2) is 5.71. The SMILES string of the molecule is CC1(C)CCC(C)(C)c2cc(-c3ccc(Br)c4ccccc34)ccc21. The van der Waals surface area contributed by atoms with Crippen LogP contribution in [0.2, 0.25) is 0 Å². The summed E-state index contributed by atoms with van der Waals surface area (Å²) in [5.41, 5.74) is 6.20. The van der Waals surface area contributed by atoms with Crippen LogP contribution in [-0.4, -0.2) is 0 Å². The van der Waals surface area contributed by atoms with E-state index in [4.69, 9.17) is 0 Å². The molecule has 0 radical (unpaired) electrons. The lowest BCUT2D eigenvalue weighted by atomic mass is 9.63. The molecule has 0 bridgehead atoms. The minimum Gasteiger partial charge on any atom is -0.0616 e. The van der Waals surface area contributed by atoms with Gasteiger partial charge < -0.3 is 0 Å². The van der Waals surface area contributed by atoms with Gasteiger partial charge in [-0.05, 0) is 62.8 Å². The van der Waals surface area contributed by atoms with Gasteiger partial charge >= 0.3 is 0 Å². The van der Waals surface area contributed by atoms with E-state index in [0.29, 0.717) is 0 Å². The number of halogens is 1. The van der Waals surface area contributed by atoms with Crippen molar-refractivity contribution in [2.24, 2.45) is 0 Å². The van der Waals surface area contributed by atoms with Crippen molar-refractivity contribution < 1.29 is 0 Å². The zero-order chi connectivity index (χ0) is 17.8. The Labute approximate surface area is 159 Å². The average Bonchev–Trinajstić information content (AvgIpc) is 2.59. The Morgan fingerprint density at radius 2 is 1.36 bits per heavy atom. The zero-order valence-corrected chi connectivity index (χ0v) is 17.1. The zero-order valence-electron chi connectivity index (χ0n) is 15.5. The predicted molar refractivity (Wildman–Crippen MR) is 112 cm³/mol. The molecule has 1 aliphatic carbocycles. The van der Waals surface area contributed by atoms with Gasteiger partial charge in [0.15, 0.2) is 0 Å². The van der Waals surface area contributed by atoms with E-state index in [2.05, 4.69) is 98.2 Å². The molecule has 0 saturated carbocycles. The summed E-state index contributed by atoms with van der Waals surface area (Å²) in [6.45, 7) is 9.56. The molecular formula is C24H25Br. The van der Waals surface area contributed by atoms with Gasteiger partial charge in [0.25, 0.3) is 0 Å². The van der Waals surface area contributed by atoms with Crippen LogP contribution in [0.3, 0.4) is 0 Å². The van der Waals surface area contributed by atoms with Gasteiger partial charge in [0, 0.05) is 4.47 Å². The molecule has 0 atom stereocenters. The molecule has 0 fully saturated rings. The Bertz CT molecular complexity index is 963. The van der Waals surface area contributed by atoms with Crippen LogP contribution in [0.4, 0.5) is 0 Å². The molecule has 128 valence electrons. The van der Waals surface area contributed by atoms with E-state index in [1.807, 2.05) is 0 Å². The van der Waals surface area contributed by atoms with E-state index in [-0.39, 0.29) is 10.8 Å².